The molecule has 0 bridgehead atoms. The van der Waals surface area contributed by atoms with E-state index in [1.54, 1.807) is 0 Å². The number of piperidine rings is 1. The molecule has 1 aliphatic heterocycles. The van der Waals surface area contributed by atoms with Gasteiger partial charge in [0.25, 0.3) is 0 Å². The van der Waals surface area contributed by atoms with Crippen LogP contribution in [0.5, 0.6) is 0 Å². The van der Waals surface area contributed by atoms with Gasteiger partial charge in [-0.05, 0) is 45.5 Å². The first kappa shape index (κ1) is 15.0. The molecular formula is C17H25N5. The number of fused-ring (bicyclic) bond motifs is 1. The lowest BCUT2D eigenvalue weighted by molar-refractivity contribution is 0.425. The minimum Gasteiger partial charge on any atom is -0.366 e. The minimum absolute atomic E-state index is 0.876. The summed E-state index contributed by atoms with van der Waals surface area (Å²) >= 11 is 0. The van der Waals surface area contributed by atoms with Gasteiger partial charge in [-0.1, -0.05) is 12.1 Å². The molecule has 0 amide bonds. The van der Waals surface area contributed by atoms with Crippen LogP contribution in [-0.2, 0) is 0 Å². The Morgan fingerprint density at radius 3 is 2.41 bits per heavy atom. The average molecular weight is 299 g/mol. The van der Waals surface area contributed by atoms with Crippen molar-refractivity contribution < 1.29 is 0 Å². The molecule has 1 fully saturated rings. The number of aromatic nitrogens is 2. The lowest BCUT2D eigenvalue weighted by Crippen LogP contribution is -2.31. The largest absolute Gasteiger partial charge is 0.366 e. The molecule has 0 radical (unpaired) electrons. The van der Waals surface area contributed by atoms with E-state index in [1.807, 2.05) is 24.3 Å². The number of nitrogens with zero attached hydrogens (tertiary/aromatic N) is 4. The summed E-state index contributed by atoms with van der Waals surface area (Å²) in [5.74, 6) is 1.93. The number of para-hydroxylation sites is 2. The van der Waals surface area contributed by atoms with Gasteiger partial charge in [0, 0.05) is 26.2 Å². The summed E-state index contributed by atoms with van der Waals surface area (Å²) in [6.45, 7) is 4.01. The molecule has 2 heterocycles. The second kappa shape index (κ2) is 6.92. The van der Waals surface area contributed by atoms with Crippen molar-refractivity contribution in [2.45, 2.75) is 19.3 Å². The fraction of sp³-hybridized carbons (Fsp3) is 0.529. The number of benzene rings is 1. The maximum atomic E-state index is 4.88. The maximum absolute atomic E-state index is 4.88. The van der Waals surface area contributed by atoms with Crippen LogP contribution in [0.1, 0.15) is 19.3 Å². The van der Waals surface area contributed by atoms with E-state index in [0.717, 1.165) is 48.8 Å². The molecule has 118 valence electrons. The van der Waals surface area contributed by atoms with Gasteiger partial charge in [-0.3, -0.25) is 0 Å². The Kier molecular flexibility index (Phi) is 4.73. The smallest absolute Gasteiger partial charge is 0.172 e. The van der Waals surface area contributed by atoms with E-state index in [2.05, 4.69) is 29.2 Å². The number of hydrogen-bond acceptors (Lipinski definition) is 5. The van der Waals surface area contributed by atoms with E-state index in [-0.39, 0.29) is 0 Å². The molecule has 1 saturated heterocycles. The van der Waals surface area contributed by atoms with Crippen LogP contribution in [0.4, 0.5) is 11.6 Å². The van der Waals surface area contributed by atoms with Crippen LogP contribution in [0, 0.1) is 0 Å². The minimum atomic E-state index is 0.876. The summed E-state index contributed by atoms with van der Waals surface area (Å²) in [6.07, 6.45) is 3.80. The molecule has 1 aliphatic rings. The quantitative estimate of drug-likeness (QED) is 0.919. The zero-order valence-corrected chi connectivity index (χ0v) is 13.5. The molecule has 0 atom stereocenters. The molecule has 1 aromatic heterocycles. The standard InChI is InChI=1S/C17H25N5/c1-21(2)13-10-18-16-17(22-11-6-3-7-12-22)20-15-9-5-4-8-14(15)19-16/h4-5,8-9H,3,6-7,10-13H2,1-2H3,(H,18,19). The predicted octanol–water partition coefficient (Wildman–Crippen LogP) is 2.59. The fourth-order valence-electron chi connectivity index (χ4n) is 2.83. The molecule has 5 nitrogen and oxygen atoms in total. The zero-order valence-electron chi connectivity index (χ0n) is 13.5. The average Bonchev–Trinajstić information content (AvgIpc) is 2.54. The lowest BCUT2D eigenvalue weighted by Gasteiger charge is -2.29. The highest BCUT2D eigenvalue weighted by Crippen LogP contribution is 2.27. The van der Waals surface area contributed by atoms with Gasteiger partial charge in [-0.15, -0.1) is 0 Å². The van der Waals surface area contributed by atoms with Crippen molar-refractivity contribution in [1.82, 2.24) is 14.9 Å². The molecule has 5 heteroatoms. The Hall–Kier alpha value is -1.88. The molecular weight excluding hydrogens is 274 g/mol. The highest BCUT2D eigenvalue weighted by Gasteiger charge is 2.18. The Morgan fingerprint density at radius 1 is 1.05 bits per heavy atom. The number of nitrogens with one attached hydrogen (secondary N) is 1. The third-order valence-electron chi connectivity index (χ3n) is 4.06. The Bertz CT molecular complexity index is 619. The molecule has 0 saturated carbocycles. The number of hydrogen-bond donors (Lipinski definition) is 1. The first-order valence-electron chi connectivity index (χ1n) is 8.14. The van der Waals surface area contributed by atoms with Gasteiger partial charge in [0.15, 0.2) is 11.6 Å². The molecule has 0 aliphatic carbocycles. The Balaban J connectivity index is 1.90. The van der Waals surface area contributed by atoms with E-state index in [4.69, 9.17) is 9.97 Å². The second-order valence-corrected chi connectivity index (χ2v) is 6.16. The third kappa shape index (κ3) is 3.47. The normalized spacial score (nSPS) is 15.5. The summed E-state index contributed by atoms with van der Waals surface area (Å²) < 4.78 is 0. The van der Waals surface area contributed by atoms with Crippen LogP contribution >= 0.6 is 0 Å². The third-order valence-corrected chi connectivity index (χ3v) is 4.06. The highest BCUT2D eigenvalue weighted by molar-refractivity contribution is 5.80. The van der Waals surface area contributed by atoms with Crippen molar-refractivity contribution in [2.24, 2.45) is 0 Å². The van der Waals surface area contributed by atoms with Crippen molar-refractivity contribution in [2.75, 3.05) is 50.5 Å². The van der Waals surface area contributed by atoms with Gasteiger partial charge in [0.05, 0.1) is 11.0 Å². The van der Waals surface area contributed by atoms with Crippen molar-refractivity contribution in [1.29, 1.82) is 0 Å². The summed E-state index contributed by atoms with van der Waals surface area (Å²) in [5.41, 5.74) is 1.93. The number of anilines is 2. The van der Waals surface area contributed by atoms with Crippen molar-refractivity contribution in [3.05, 3.63) is 24.3 Å². The summed E-state index contributed by atoms with van der Waals surface area (Å²) in [5, 5.41) is 3.48. The summed E-state index contributed by atoms with van der Waals surface area (Å²) in [4.78, 5) is 14.2. The highest BCUT2D eigenvalue weighted by atomic mass is 15.2. The van der Waals surface area contributed by atoms with Gasteiger partial charge >= 0.3 is 0 Å². The van der Waals surface area contributed by atoms with Crippen LogP contribution in [-0.4, -0.2) is 55.1 Å². The number of rotatable bonds is 5. The van der Waals surface area contributed by atoms with Crippen LogP contribution < -0.4 is 10.2 Å². The predicted molar refractivity (Wildman–Crippen MR) is 92.6 cm³/mol. The second-order valence-electron chi connectivity index (χ2n) is 6.16. The fourth-order valence-corrected chi connectivity index (χ4v) is 2.83. The SMILES string of the molecule is CN(C)CCNc1nc2ccccc2nc1N1CCCCC1. The molecule has 1 aromatic carbocycles. The number of likely N-dealkylation sites (N-methyl/N-ethyl adjacent to an activating group) is 1. The van der Waals surface area contributed by atoms with Gasteiger partial charge in [0.1, 0.15) is 0 Å². The molecule has 2 aromatic rings. The lowest BCUT2D eigenvalue weighted by atomic mass is 10.1. The van der Waals surface area contributed by atoms with E-state index in [1.165, 1.54) is 19.3 Å². The first-order chi connectivity index (χ1) is 10.7. The molecule has 0 spiro atoms. The van der Waals surface area contributed by atoms with Crippen LogP contribution in [0.2, 0.25) is 0 Å². The first-order valence-corrected chi connectivity index (χ1v) is 8.14. The molecule has 3 rings (SSSR count). The molecule has 22 heavy (non-hydrogen) atoms. The van der Waals surface area contributed by atoms with Crippen LogP contribution in [0.15, 0.2) is 24.3 Å². The Labute approximate surface area is 132 Å². The topological polar surface area (TPSA) is 44.3 Å². The van der Waals surface area contributed by atoms with Gasteiger partial charge in [0.2, 0.25) is 0 Å². The van der Waals surface area contributed by atoms with E-state index >= 15 is 0 Å². The van der Waals surface area contributed by atoms with Gasteiger partial charge < -0.3 is 15.1 Å². The van der Waals surface area contributed by atoms with Crippen molar-refractivity contribution in [3.63, 3.8) is 0 Å². The van der Waals surface area contributed by atoms with Crippen molar-refractivity contribution >= 4 is 22.7 Å². The maximum Gasteiger partial charge on any atom is 0.172 e. The van der Waals surface area contributed by atoms with Crippen LogP contribution in [0.3, 0.4) is 0 Å². The Morgan fingerprint density at radius 2 is 1.73 bits per heavy atom. The van der Waals surface area contributed by atoms with Crippen LogP contribution in [0.25, 0.3) is 11.0 Å². The zero-order chi connectivity index (χ0) is 15.4. The van der Waals surface area contributed by atoms with E-state index in [0.29, 0.717) is 0 Å². The monoisotopic (exact) mass is 299 g/mol. The van der Waals surface area contributed by atoms with Gasteiger partial charge in [-0.25, -0.2) is 9.97 Å². The summed E-state index contributed by atoms with van der Waals surface area (Å²) in [6, 6.07) is 8.11. The molecule has 0 unspecified atom stereocenters. The summed E-state index contributed by atoms with van der Waals surface area (Å²) in [7, 11) is 4.17. The van der Waals surface area contributed by atoms with E-state index < -0.39 is 0 Å². The van der Waals surface area contributed by atoms with E-state index in [9.17, 15) is 0 Å². The van der Waals surface area contributed by atoms with Crippen molar-refractivity contribution in [3.8, 4) is 0 Å². The molecule has 1 N–H and O–H groups in total. The van der Waals surface area contributed by atoms with Gasteiger partial charge in [-0.2, -0.15) is 0 Å².